The quantitative estimate of drug-likeness (QED) is 0.395. The number of benzene rings is 1. The topological polar surface area (TPSA) is 52.4 Å². The zero-order valence-electron chi connectivity index (χ0n) is 6.65. The van der Waals surface area contributed by atoms with E-state index in [9.17, 15) is 10.1 Å². The summed E-state index contributed by atoms with van der Waals surface area (Å²) >= 11 is 5.88. The van der Waals surface area contributed by atoms with Gasteiger partial charge in [0, 0.05) is 12.1 Å². The second-order valence-corrected chi connectivity index (χ2v) is 3.88. The highest BCUT2D eigenvalue weighted by Crippen LogP contribution is 2.32. The lowest BCUT2D eigenvalue weighted by Gasteiger charge is -2.03. The Kier molecular flexibility index (Phi) is 3.37. The molecule has 4 nitrogen and oxygen atoms in total. The lowest BCUT2D eigenvalue weighted by atomic mass is 10.3. The van der Waals surface area contributed by atoms with E-state index in [1.165, 1.54) is 13.2 Å². The molecule has 0 N–H and O–H groups in total. The molecule has 0 aromatic heterocycles. The molecule has 0 bridgehead atoms. The molecule has 0 spiro atoms. The number of rotatable bonds is 2. The van der Waals surface area contributed by atoms with Gasteiger partial charge in [0.25, 0.3) is 5.69 Å². The Morgan fingerprint density at radius 2 is 2.23 bits per heavy atom. The highest BCUT2D eigenvalue weighted by atomic mass is 127. The summed E-state index contributed by atoms with van der Waals surface area (Å²) in [6, 6.07) is 3.11. The van der Waals surface area contributed by atoms with Gasteiger partial charge in [-0.05, 0) is 22.6 Å². The number of hydrogen-bond donors (Lipinski definition) is 1. The van der Waals surface area contributed by atoms with Gasteiger partial charge in [-0.25, -0.2) is 0 Å². The molecule has 0 amide bonds. The van der Waals surface area contributed by atoms with Gasteiger partial charge in [0.05, 0.1) is 20.5 Å². The lowest BCUT2D eigenvalue weighted by molar-refractivity contribution is -0.388. The fourth-order valence-corrected chi connectivity index (χ4v) is 2.20. The van der Waals surface area contributed by atoms with Gasteiger partial charge in [0.1, 0.15) is 5.75 Å². The number of nitro groups is 1. The first-order valence-corrected chi connectivity index (χ1v) is 4.79. The van der Waals surface area contributed by atoms with Crippen LogP contribution in [-0.2, 0) is 0 Å². The van der Waals surface area contributed by atoms with Crippen molar-refractivity contribution in [1.29, 1.82) is 0 Å². The fourth-order valence-electron chi connectivity index (χ4n) is 0.859. The monoisotopic (exact) mass is 311 g/mol. The predicted octanol–water partition coefficient (Wildman–Crippen LogP) is 2.50. The number of thiol groups is 1. The van der Waals surface area contributed by atoms with Crippen molar-refractivity contribution in [3.8, 4) is 5.75 Å². The average Bonchev–Trinajstić information content (AvgIpc) is 2.02. The Morgan fingerprint density at radius 1 is 1.62 bits per heavy atom. The third kappa shape index (κ3) is 2.25. The zero-order valence-corrected chi connectivity index (χ0v) is 9.70. The smallest absolute Gasteiger partial charge is 0.296 e. The number of nitro benzene ring substituents is 1. The van der Waals surface area contributed by atoms with Crippen molar-refractivity contribution < 1.29 is 9.66 Å². The summed E-state index contributed by atoms with van der Waals surface area (Å²) in [7, 11) is 1.50. The first-order valence-electron chi connectivity index (χ1n) is 3.27. The van der Waals surface area contributed by atoms with E-state index in [0.29, 0.717) is 14.2 Å². The van der Waals surface area contributed by atoms with Crippen LogP contribution in [0, 0.1) is 13.7 Å². The van der Waals surface area contributed by atoms with Crippen molar-refractivity contribution in [2.75, 3.05) is 7.11 Å². The minimum Gasteiger partial charge on any atom is -0.497 e. The molecule has 13 heavy (non-hydrogen) atoms. The molecule has 0 aliphatic rings. The van der Waals surface area contributed by atoms with Crippen LogP contribution in [0.5, 0.6) is 5.75 Å². The summed E-state index contributed by atoms with van der Waals surface area (Å²) < 4.78 is 5.45. The first kappa shape index (κ1) is 10.6. The van der Waals surface area contributed by atoms with Crippen molar-refractivity contribution >= 4 is 40.9 Å². The molecule has 0 heterocycles. The molecule has 0 atom stereocenters. The Balaban J connectivity index is 3.31. The molecule has 1 rings (SSSR count). The highest BCUT2D eigenvalue weighted by Gasteiger charge is 2.17. The molecule has 0 aliphatic heterocycles. The molecule has 0 unspecified atom stereocenters. The van der Waals surface area contributed by atoms with Crippen LogP contribution in [0.2, 0.25) is 0 Å². The van der Waals surface area contributed by atoms with Gasteiger partial charge in [0.15, 0.2) is 0 Å². The largest absolute Gasteiger partial charge is 0.497 e. The van der Waals surface area contributed by atoms with Crippen molar-refractivity contribution in [3.05, 3.63) is 25.8 Å². The summed E-state index contributed by atoms with van der Waals surface area (Å²) in [6.07, 6.45) is 0. The maximum absolute atomic E-state index is 10.6. The van der Waals surface area contributed by atoms with Crippen molar-refractivity contribution in [2.45, 2.75) is 4.90 Å². The molecule has 0 fully saturated rings. The summed E-state index contributed by atoms with van der Waals surface area (Å²) in [5, 5.41) is 10.6. The molecule has 0 aliphatic carbocycles. The Morgan fingerprint density at radius 3 is 2.62 bits per heavy atom. The van der Waals surface area contributed by atoms with E-state index in [4.69, 9.17) is 4.74 Å². The van der Waals surface area contributed by atoms with E-state index in [0.717, 1.165) is 0 Å². The molecule has 1 aromatic carbocycles. The summed E-state index contributed by atoms with van der Waals surface area (Å²) in [5.74, 6) is 0.569. The zero-order chi connectivity index (χ0) is 10.0. The van der Waals surface area contributed by atoms with Crippen molar-refractivity contribution in [3.63, 3.8) is 0 Å². The standard InChI is InChI=1S/C7H6INO3S/c1-12-4-2-5(8)7(9(10)11)6(13)3-4/h2-3,13H,1H3. The van der Waals surface area contributed by atoms with Crippen LogP contribution in [0.25, 0.3) is 0 Å². The number of hydrogen-bond acceptors (Lipinski definition) is 4. The molecular weight excluding hydrogens is 305 g/mol. The second-order valence-electron chi connectivity index (χ2n) is 2.23. The normalized spacial score (nSPS) is 9.77. The van der Waals surface area contributed by atoms with E-state index in [-0.39, 0.29) is 5.69 Å². The molecule has 0 radical (unpaired) electrons. The third-order valence-electron chi connectivity index (χ3n) is 1.44. The number of ether oxygens (including phenoxy) is 1. The molecule has 1 aromatic rings. The molecule has 0 saturated carbocycles. The average molecular weight is 311 g/mol. The van der Waals surface area contributed by atoms with Crippen LogP contribution in [-0.4, -0.2) is 12.0 Å². The predicted molar refractivity (Wildman–Crippen MR) is 59.6 cm³/mol. The number of halogens is 1. The van der Waals surface area contributed by atoms with Crippen LogP contribution in [0.4, 0.5) is 5.69 Å². The maximum Gasteiger partial charge on any atom is 0.296 e. The van der Waals surface area contributed by atoms with Crippen molar-refractivity contribution in [1.82, 2.24) is 0 Å². The molecule has 70 valence electrons. The summed E-state index contributed by atoms with van der Waals surface area (Å²) in [5.41, 5.74) is 0.0183. The van der Waals surface area contributed by atoms with Crippen LogP contribution in [0.3, 0.4) is 0 Å². The highest BCUT2D eigenvalue weighted by molar-refractivity contribution is 14.1. The molecular formula is C7H6INO3S. The van der Waals surface area contributed by atoms with Gasteiger partial charge < -0.3 is 4.74 Å². The van der Waals surface area contributed by atoms with E-state index < -0.39 is 4.92 Å². The lowest BCUT2D eigenvalue weighted by Crippen LogP contribution is -1.94. The van der Waals surface area contributed by atoms with Gasteiger partial charge in [-0.1, -0.05) is 0 Å². The SMILES string of the molecule is COc1cc(S)c([N+](=O)[O-])c(I)c1. The van der Waals surface area contributed by atoms with Crippen LogP contribution < -0.4 is 4.74 Å². The Labute approximate surface area is 94.0 Å². The maximum atomic E-state index is 10.6. The van der Waals surface area contributed by atoms with Crippen LogP contribution in [0.1, 0.15) is 0 Å². The van der Waals surface area contributed by atoms with Gasteiger partial charge in [0.2, 0.25) is 0 Å². The van der Waals surface area contributed by atoms with Gasteiger partial charge in [-0.15, -0.1) is 12.6 Å². The molecule has 0 saturated heterocycles. The summed E-state index contributed by atoms with van der Waals surface area (Å²) in [6.45, 7) is 0. The van der Waals surface area contributed by atoms with Gasteiger partial charge in [-0.2, -0.15) is 0 Å². The first-order chi connectivity index (χ1) is 6.06. The van der Waals surface area contributed by atoms with Crippen molar-refractivity contribution in [2.24, 2.45) is 0 Å². The number of methoxy groups -OCH3 is 1. The van der Waals surface area contributed by atoms with Gasteiger partial charge in [-0.3, -0.25) is 10.1 Å². The van der Waals surface area contributed by atoms with E-state index >= 15 is 0 Å². The van der Waals surface area contributed by atoms with Gasteiger partial charge >= 0.3 is 0 Å². The number of nitrogens with zero attached hydrogens (tertiary/aromatic N) is 1. The fraction of sp³-hybridized carbons (Fsp3) is 0.143. The Hall–Kier alpha value is -0.500. The third-order valence-corrected chi connectivity index (χ3v) is 2.60. The minimum atomic E-state index is -0.455. The van der Waals surface area contributed by atoms with E-state index in [1.807, 2.05) is 22.6 Å². The minimum absolute atomic E-state index is 0.0183. The van der Waals surface area contributed by atoms with Crippen LogP contribution >= 0.6 is 35.2 Å². The summed E-state index contributed by atoms with van der Waals surface area (Å²) in [4.78, 5) is 10.4. The Bertz CT molecular complexity index is 333. The second kappa shape index (κ2) is 4.14. The molecule has 6 heteroatoms. The van der Waals surface area contributed by atoms with Crippen LogP contribution in [0.15, 0.2) is 17.0 Å². The van der Waals surface area contributed by atoms with E-state index in [2.05, 4.69) is 12.6 Å². The van der Waals surface area contributed by atoms with E-state index in [1.54, 1.807) is 6.07 Å².